The minimum absolute atomic E-state index is 0.0158. The second kappa shape index (κ2) is 11.4. The smallest absolute Gasteiger partial charge is 0.261 e. The summed E-state index contributed by atoms with van der Waals surface area (Å²) >= 11 is 0. The number of carbonyl (C=O) groups excluding carboxylic acids is 2. The molecule has 31 heavy (non-hydrogen) atoms. The quantitative estimate of drug-likeness (QED) is 0.620. The molecule has 168 valence electrons. The first kappa shape index (κ1) is 24.3. The molecule has 0 radical (unpaired) electrons. The highest BCUT2D eigenvalue weighted by Crippen LogP contribution is 2.26. The van der Waals surface area contributed by atoms with Gasteiger partial charge in [-0.25, -0.2) is 0 Å². The van der Waals surface area contributed by atoms with Crippen molar-refractivity contribution < 1.29 is 19.1 Å². The lowest BCUT2D eigenvalue weighted by molar-refractivity contribution is -0.142. The zero-order valence-electron chi connectivity index (χ0n) is 19.3. The van der Waals surface area contributed by atoms with Crippen LogP contribution in [0.25, 0.3) is 0 Å². The van der Waals surface area contributed by atoms with E-state index < -0.39 is 6.04 Å². The maximum absolute atomic E-state index is 13.2. The Morgan fingerprint density at radius 2 is 1.71 bits per heavy atom. The summed E-state index contributed by atoms with van der Waals surface area (Å²) in [5, 5.41) is 2.89. The van der Waals surface area contributed by atoms with Gasteiger partial charge in [0.15, 0.2) is 6.61 Å². The fourth-order valence-electron chi connectivity index (χ4n) is 3.27. The van der Waals surface area contributed by atoms with E-state index in [2.05, 4.69) is 19.2 Å². The molecule has 2 aromatic carbocycles. The van der Waals surface area contributed by atoms with Crippen LogP contribution in [0.1, 0.15) is 51.7 Å². The summed E-state index contributed by atoms with van der Waals surface area (Å²) < 4.78 is 11.2. The summed E-state index contributed by atoms with van der Waals surface area (Å²) in [7, 11) is 1.60. The number of para-hydroxylation sites is 1. The molecule has 0 unspecified atom stereocenters. The Kier molecular flexibility index (Phi) is 8.91. The third-order valence-electron chi connectivity index (χ3n) is 4.98. The van der Waals surface area contributed by atoms with Gasteiger partial charge >= 0.3 is 0 Å². The Morgan fingerprint density at radius 3 is 2.35 bits per heavy atom. The Balaban J connectivity index is 2.22. The number of amides is 2. The number of benzene rings is 2. The maximum atomic E-state index is 13.2. The molecule has 0 aliphatic rings. The molecule has 0 fully saturated rings. The van der Waals surface area contributed by atoms with Crippen molar-refractivity contribution in [1.29, 1.82) is 0 Å². The molecule has 6 heteroatoms. The lowest BCUT2D eigenvalue weighted by Crippen LogP contribution is -2.50. The molecule has 2 aromatic rings. The molecule has 0 aromatic heterocycles. The number of ether oxygens (including phenoxy) is 2. The lowest BCUT2D eigenvalue weighted by Gasteiger charge is -2.29. The Morgan fingerprint density at radius 1 is 1.00 bits per heavy atom. The highest BCUT2D eigenvalue weighted by atomic mass is 16.5. The van der Waals surface area contributed by atoms with E-state index in [0.717, 1.165) is 11.1 Å². The van der Waals surface area contributed by atoms with Gasteiger partial charge in [0.25, 0.3) is 5.91 Å². The van der Waals surface area contributed by atoms with E-state index in [9.17, 15) is 9.59 Å². The minimum atomic E-state index is -0.648. The average molecular weight is 427 g/mol. The maximum Gasteiger partial charge on any atom is 0.261 e. The SMILES string of the molecule is COc1cccc(CN(C(=O)COc2ccccc2C(C)C)[C@H](C)C(=O)NC(C)C)c1. The highest BCUT2D eigenvalue weighted by Gasteiger charge is 2.27. The third kappa shape index (κ3) is 7.02. The predicted octanol–water partition coefficient (Wildman–Crippen LogP) is 4.14. The van der Waals surface area contributed by atoms with Crippen LogP contribution < -0.4 is 14.8 Å². The molecule has 2 amide bonds. The van der Waals surface area contributed by atoms with E-state index in [4.69, 9.17) is 9.47 Å². The third-order valence-corrected chi connectivity index (χ3v) is 4.98. The first-order valence-electron chi connectivity index (χ1n) is 10.7. The average Bonchev–Trinajstić information content (AvgIpc) is 2.75. The van der Waals surface area contributed by atoms with E-state index in [1.165, 1.54) is 0 Å². The van der Waals surface area contributed by atoms with Crippen LogP contribution in [-0.4, -0.2) is 42.5 Å². The summed E-state index contributed by atoms with van der Waals surface area (Å²) in [6.45, 7) is 9.81. The predicted molar refractivity (Wildman–Crippen MR) is 122 cm³/mol. The van der Waals surface area contributed by atoms with Gasteiger partial charge in [0.2, 0.25) is 5.91 Å². The van der Waals surface area contributed by atoms with Gasteiger partial charge in [0, 0.05) is 12.6 Å². The Labute approximate surface area is 185 Å². The zero-order valence-corrected chi connectivity index (χ0v) is 19.3. The number of carbonyl (C=O) groups is 2. The van der Waals surface area contributed by atoms with Crippen molar-refractivity contribution in [2.75, 3.05) is 13.7 Å². The van der Waals surface area contributed by atoms with Crippen LogP contribution >= 0.6 is 0 Å². The number of nitrogens with zero attached hydrogens (tertiary/aromatic N) is 1. The first-order valence-corrected chi connectivity index (χ1v) is 10.7. The molecule has 0 saturated carbocycles. The van der Waals surface area contributed by atoms with Gasteiger partial charge in [0.05, 0.1) is 7.11 Å². The first-order chi connectivity index (χ1) is 14.7. The van der Waals surface area contributed by atoms with E-state index in [1.54, 1.807) is 18.9 Å². The Bertz CT molecular complexity index is 879. The van der Waals surface area contributed by atoms with Crippen LogP contribution in [0.5, 0.6) is 11.5 Å². The van der Waals surface area contributed by atoms with Crippen molar-refractivity contribution in [2.24, 2.45) is 0 Å². The van der Waals surface area contributed by atoms with Crippen LogP contribution in [0.3, 0.4) is 0 Å². The highest BCUT2D eigenvalue weighted by molar-refractivity contribution is 5.88. The largest absolute Gasteiger partial charge is 0.497 e. The summed E-state index contributed by atoms with van der Waals surface area (Å²) in [4.78, 5) is 27.4. The molecule has 0 spiro atoms. The van der Waals surface area contributed by atoms with Crippen molar-refractivity contribution >= 4 is 11.8 Å². The number of rotatable bonds is 10. The molecule has 0 bridgehead atoms. The molecule has 0 aliphatic heterocycles. The van der Waals surface area contributed by atoms with Gasteiger partial charge in [-0.2, -0.15) is 0 Å². The van der Waals surface area contributed by atoms with Crippen LogP contribution in [0, 0.1) is 0 Å². The standard InChI is InChI=1S/C25H34N2O4/c1-17(2)22-12-7-8-13-23(22)31-16-24(28)27(19(5)25(29)26-18(3)4)15-20-10-9-11-21(14-20)30-6/h7-14,17-19H,15-16H2,1-6H3,(H,26,29)/t19-/m1/s1. The normalized spacial score (nSPS) is 11.9. The topological polar surface area (TPSA) is 67.9 Å². The fraction of sp³-hybridized carbons (Fsp3) is 0.440. The second-order valence-corrected chi connectivity index (χ2v) is 8.19. The van der Waals surface area contributed by atoms with Crippen LogP contribution in [0.15, 0.2) is 48.5 Å². The van der Waals surface area contributed by atoms with Crippen molar-refractivity contribution in [3.63, 3.8) is 0 Å². The van der Waals surface area contributed by atoms with Gasteiger partial charge in [-0.1, -0.05) is 44.2 Å². The number of hydrogen-bond donors (Lipinski definition) is 1. The van der Waals surface area contributed by atoms with Gasteiger partial charge in [-0.05, 0) is 56.0 Å². The molecule has 0 heterocycles. The van der Waals surface area contributed by atoms with E-state index in [0.29, 0.717) is 11.5 Å². The van der Waals surface area contributed by atoms with Gasteiger partial charge in [0.1, 0.15) is 17.5 Å². The lowest BCUT2D eigenvalue weighted by atomic mass is 10.0. The van der Waals surface area contributed by atoms with Crippen LogP contribution in [-0.2, 0) is 16.1 Å². The number of methoxy groups -OCH3 is 1. The summed E-state index contributed by atoms with van der Waals surface area (Å²) in [5.41, 5.74) is 1.92. The molecule has 6 nitrogen and oxygen atoms in total. The molecule has 1 N–H and O–H groups in total. The van der Waals surface area contributed by atoms with Crippen LogP contribution in [0.2, 0.25) is 0 Å². The van der Waals surface area contributed by atoms with E-state index in [1.807, 2.05) is 62.4 Å². The van der Waals surface area contributed by atoms with E-state index in [-0.39, 0.29) is 36.9 Å². The molecule has 1 atom stereocenters. The minimum Gasteiger partial charge on any atom is -0.497 e. The van der Waals surface area contributed by atoms with Crippen molar-refractivity contribution in [1.82, 2.24) is 10.2 Å². The summed E-state index contributed by atoms with van der Waals surface area (Å²) in [5.74, 6) is 1.20. The fourth-order valence-corrected chi connectivity index (χ4v) is 3.27. The van der Waals surface area contributed by atoms with Crippen molar-refractivity contribution in [2.45, 2.75) is 59.2 Å². The van der Waals surface area contributed by atoms with Crippen LogP contribution in [0.4, 0.5) is 0 Å². The summed E-state index contributed by atoms with van der Waals surface area (Å²) in [6.07, 6.45) is 0. The zero-order chi connectivity index (χ0) is 23.0. The monoisotopic (exact) mass is 426 g/mol. The molecular weight excluding hydrogens is 392 g/mol. The van der Waals surface area contributed by atoms with Crippen molar-refractivity contribution in [3.8, 4) is 11.5 Å². The Hall–Kier alpha value is -3.02. The van der Waals surface area contributed by atoms with Gasteiger partial charge < -0.3 is 19.7 Å². The molecular formula is C25H34N2O4. The summed E-state index contributed by atoms with van der Waals surface area (Å²) in [6, 6.07) is 14.5. The molecule has 0 aliphatic carbocycles. The van der Waals surface area contributed by atoms with Crippen molar-refractivity contribution in [3.05, 3.63) is 59.7 Å². The second-order valence-electron chi connectivity index (χ2n) is 8.19. The van der Waals surface area contributed by atoms with Gasteiger partial charge in [-0.3, -0.25) is 9.59 Å². The van der Waals surface area contributed by atoms with Gasteiger partial charge in [-0.15, -0.1) is 0 Å². The molecule has 2 rings (SSSR count). The molecule has 0 saturated heterocycles. The number of nitrogens with one attached hydrogen (secondary N) is 1. The number of hydrogen-bond acceptors (Lipinski definition) is 4. The van der Waals surface area contributed by atoms with E-state index >= 15 is 0 Å².